The topological polar surface area (TPSA) is 32.3 Å². The third-order valence-corrected chi connectivity index (χ3v) is 1.30. The molecule has 11 heavy (non-hydrogen) atoms. The van der Waals surface area contributed by atoms with Crippen molar-refractivity contribution in [2.45, 2.75) is 6.92 Å². The van der Waals surface area contributed by atoms with Gasteiger partial charge >= 0.3 is 0 Å². The van der Waals surface area contributed by atoms with Gasteiger partial charge in [-0.15, -0.1) is 19.2 Å². The van der Waals surface area contributed by atoms with Gasteiger partial charge in [0.2, 0.25) is 5.91 Å². The molecule has 0 saturated heterocycles. The quantitative estimate of drug-likeness (QED) is 0.291. The van der Waals surface area contributed by atoms with Crippen molar-refractivity contribution in [3.63, 3.8) is 0 Å². The van der Waals surface area contributed by atoms with Gasteiger partial charge in [0.05, 0.1) is 6.54 Å². The fraction of sp³-hybridized carbons (Fsp3) is 0.333. The van der Waals surface area contributed by atoms with Crippen LogP contribution < -0.4 is 5.43 Å². The predicted molar refractivity (Wildman–Crippen MR) is 52.3 cm³/mol. The van der Waals surface area contributed by atoms with Crippen molar-refractivity contribution in [2.75, 3.05) is 6.54 Å². The standard InChI is InChI=1S/C6H10N2OS2/c1-3-4-8(6(10)11)7-5(2)9/h3H,1,4H2,2H3,(H,7,9)(H,10,11). The smallest absolute Gasteiger partial charge is 0.235 e. The van der Waals surface area contributed by atoms with Gasteiger partial charge < -0.3 is 0 Å². The number of carbonyl (C=O) groups excluding carboxylic acids is 1. The molecule has 0 rings (SSSR count). The first-order valence-corrected chi connectivity index (χ1v) is 3.82. The molecule has 0 fully saturated rings. The van der Waals surface area contributed by atoms with Crippen molar-refractivity contribution in [2.24, 2.45) is 0 Å². The van der Waals surface area contributed by atoms with Crippen molar-refractivity contribution in [3.8, 4) is 0 Å². The van der Waals surface area contributed by atoms with Crippen LogP contribution in [0.1, 0.15) is 6.92 Å². The molecule has 3 nitrogen and oxygen atoms in total. The molecule has 0 saturated carbocycles. The lowest BCUT2D eigenvalue weighted by atomic mass is 10.6. The van der Waals surface area contributed by atoms with E-state index in [-0.39, 0.29) is 5.91 Å². The van der Waals surface area contributed by atoms with Gasteiger partial charge in [0, 0.05) is 6.92 Å². The molecule has 0 aromatic carbocycles. The maximum Gasteiger partial charge on any atom is 0.235 e. The fourth-order valence-electron chi connectivity index (χ4n) is 0.491. The Kier molecular flexibility index (Phi) is 4.89. The maximum absolute atomic E-state index is 10.6. The van der Waals surface area contributed by atoms with Gasteiger partial charge in [-0.25, -0.2) is 0 Å². The number of amides is 1. The summed E-state index contributed by atoms with van der Waals surface area (Å²) in [6.07, 6.45) is 1.62. The second-order valence-electron chi connectivity index (χ2n) is 1.85. The van der Waals surface area contributed by atoms with Crippen LogP contribution in [0.25, 0.3) is 0 Å². The maximum atomic E-state index is 10.6. The molecule has 0 heterocycles. The molecule has 0 aliphatic heterocycles. The summed E-state index contributed by atoms with van der Waals surface area (Å²) in [6, 6.07) is 0. The van der Waals surface area contributed by atoms with Crippen LogP contribution in [0.15, 0.2) is 12.7 Å². The van der Waals surface area contributed by atoms with E-state index in [1.54, 1.807) is 6.08 Å². The normalized spacial score (nSPS) is 8.55. The summed E-state index contributed by atoms with van der Waals surface area (Å²) < 4.78 is 0.320. The van der Waals surface area contributed by atoms with E-state index in [0.29, 0.717) is 10.9 Å². The van der Waals surface area contributed by atoms with Crippen molar-refractivity contribution >= 4 is 35.1 Å². The molecule has 0 bridgehead atoms. The summed E-state index contributed by atoms with van der Waals surface area (Å²) in [6.45, 7) is 5.37. The van der Waals surface area contributed by atoms with Crippen molar-refractivity contribution in [1.82, 2.24) is 10.4 Å². The summed E-state index contributed by atoms with van der Waals surface area (Å²) in [4.78, 5) is 10.6. The second kappa shape index (κ2) is 5.15. The highest BCUT2D eigenvalue weighted by Gasteiger charge is 2.03. The molecule has 0 aromatic rings. The number of nitrogens with one attached hydrogen (secondary N) is 1. The van der Waals surface area contributed by atoms with Gasteiger partial charge in [0.1, 0.15) is 0 Å². The number of nitrogens with zero attached hydrogens (tertiary/aromatic N) is 1. The second-order valence-corrected chi connectivity index (χ2v) is 2.96. The van der Waals surface area contributed by atoms with Gasteiger partial charge in [0.25, 0.3) is 0 Å². The van der Waals surface area contributed by atoms with E-state index < -0.39 is 0 Å². The Morgan fingerprint density at radius 1 is 1.91 bits per heavy atom. The Morgan fingerprint density at radius 3 is 2.73 bits per heavy atom. The molecule has 0 aliphatic carbocycles. The Balaban J connectivity index is 3.99. The Morgan fingerprint density at radius 2 is 2.45 bits per heavy atom. The number of thiocarbonyl (C=S) groups is 1. The van der Waals surface area contributed by atoms with Gasteiger partial charge in [-0.05, 0) is 0 Å². The first kappa shape index (κ1) is 10.4. The molecule has 0 unspecified atom stereocenters. The summed E-state index contributed by atoms with van der Waals surface area (Å²) in [7, 11) is 0. The van der Waals surface area contributed by atoms with E-state index in [2.05, 4.69) is 24.6 Å². The average molecular weight is 190 g/mol. The van der Waals surface area contributed by atoms with Crippen LogP contribution in [0.2, 0.25) is 0 Å². The predicted octanol–water partition coefficient (Wildman–Crippen LogP) is 0.740. The number of hydrogen-bond donors (Lipinski definition) is 2. The highest BCUT2D eigenvalue weighted by molar-refractivity contribution is 8.10. The minimum atomic E-state index is -0.178. The zero-order valence-electron chi connectivity index (χ0n) is 6.20. The van der Waals surface area contributed by atoms with E-state index in [4.69, 9.17) is 12.2 Å². The molecule has 0 radical (unpaired) electrons. The molecule has 5 heteroatoms. The summed E-state index contributed by atoms with van der Waals surface area (Å²) >= 11 is 8.63. The molecule has 0 atom stereocenters. The fourth-order valence-corrected chi connectivity index (χ4v) is 0.743. The summed E-state index contributed by atoms with van der Waals surface area (Å²) in [5, 5.41) is 1.42. The monoisotopic (exact) mass is 190 g/mol. The molecule has 0 spiro atoms. The lowest BCUT2D eigenvalue weighted by Crippen LogP contribution is -2.42. The third kappa shape index (κ3) is 4.80. The summed E-state index contributed by atoms with van der Waals surface area (Å²) in [5.74, 6) is -0.178. The molecule has 0 aliphatic rings. The third-order valence-electron chi connectivity index (χ3n) is 0.835. The highest BCUT2D eigenvalue weighted by Crippen LogP contribution is 1.91. The first-order chi connectivity index (χ1) is 5.07. The van der Waals surface area contributed by atoms with Crippen molar-refractivity contribution < 1.29 is 4.79 Å². The van der Waals surface area contributed by atoms with Crippen molar-refractivity contribution in [1.29, 1.82) is 0 Å². The zero-order chi connectivity index (χ0) is 8.85. The van der Waals surface area contributed by atoms with Gasteiger partial charge in [0.15, 0.2) is 4.32 Å². The average Bonchev–Trinajstić information content (AvgIpc) is 1.86. The number of hydrogen-bond acceptors (Lipinski definition) is 2. The number of thiol groups is 1. The molecule has 1 N–H and O–H groups in total. The number of rotatable bonds is 2. The van der Waals surface area contributed by atoms with E-state index in [9.17, 15) is 4.79 Å². The van der Waals surface area contributed by atoms with E-state index in [1.165, 1.54) is 11.9 Å². The van der Waals surface area contributed by atoms with Gasteiger partial charge in [-0.1, -0.05) is 18.3 Å². The number of hydrazine groups is 1. The lowest BCUT2D eigenvalue weighted by molar-refractivity contribution is -0.121. The molecular formula is C6H10N2OS2. The van der Waals surface area contributed by atoms with E-state index in [1.807, 2.05) is 0 Å². The van der Waals surface area contributed by atoms with Crippen LogP contribution in [0.3, 0.4) is 0 Å². The highest BCUT2D eigenvalue weighted by atomic mass is 32.1. The van der Waals surface area contributed by atoms with Crippen LogP contribution in [0, 0.1) is 0 Å². The van der Waals surface area contributed by atoms with Crippen LogP contribution in [-0.4, -0.2) is 21.8 Å². The summed E-state index contributed by atoms with van der Waals surface area (Å²) in [5.41, 5.74) is 2.49. The SMILES string of the molecule is C=CCN(NC(C)=O)C(=S)S. The van der Waals surface area contributed by atoms with Crippen LogP contribution in [-0.2, 0) is 4.79 Å². The molecule has 0 aromatic heterocycles. The molecule has 1 amide bonds. The largest absolute Gasteiger partial charge is 0.274 e. The van der Waals surface area contributed by atoms with E-state index in [0.717, 1.165) is 0 Å². The van der Waals surface area contributed by atoms with Crippen molar-refractivity contribution in [3.05, 3.63) is 12.7 Å². The zero-order valence-corrected chi connectivity index (χ0v) is 7.91. The van der Waals surface area contributed by atoms with Crippen LogP contribution >= 0.6 is 24.8 Å². The van der Waals surface area contributed by atoms with Gasteiger partial charge in [-0.3, -0.25) is 15.2 Å². The van der Waals surface area contributed by atoms with Crippen LogP contribution in [0.4, 0.5) is 0 Å². The van der Waals surface area contributed by atoms with E-state index >= 15 is 0 Å². The minimum absolute atomic E-state index is 0.178. The Hall–Kier alpha value is -0.550. The van der Waals surface area contributed by atoms with Gasteiger partial charge in [-0.2, -0.15) is 0 Å². The molecular weight excluding hydrogens is 180 g/mol. The lowest BCUT2D eigenvalue weighted by Gasteiger charge is -2.20. The Bertz CT molecular complexity index is 181. The van der Waals surface area contributed by atoms with Crippen LogP contribution in [0.5, 0.6) is 0 Å². The number of carbonyl (C=O) groups is 1. The minimum Gasteiger partial charge on any atom is -0.274 e. The first-order valence-electron chi connectivity index (χ1n) is 2.96. The molecule has 62 valence electrons. The Labute approximate surface area is 76.8 Å².